The number of piperazine rings is 1. The molecule has 7 rings (SSSR count). The molecule has 0 amide bonds. The van der Waals surface area contributed by atoms with Crippen LogP contribution in [0.3, 0.4) is 0 Å². The minimum Gasteiger partial charge on any atom is -0.489 e. The first kappa shape index (κ1) is 28.4. The highest BCUT2D eigenvalue weighted by atomic mass is 35.5. The van der Waals surface area contributed by atoms with Crippen LogP contribution in [0.4, 0.5) is 29.2 Å². The Morgan fingerprint density at radius 1 is 1.28 bits per heavy atom. The molecule has 2 aromatic heterocycles. The van der Waals surface area contributed by atoms with Gasteiger partial charge in [-0.2, -0.15) is 23.1 Å². The Balaban J connectivity index is 1.44. The summed E-state index contributed by atoms with van der Waals surface area (Å²) in [4.78, 5) is 17.4. The van der Waals surface area contributed by atoms with Crippen molar-refractivity contribution in [2.24, 2.45) is 0 Å². The summed E-state index contributed by atoms with van der Waals surface area (Å²) in [7, 11) is 0. The number of pyridine rings is 1. The SMILES string of the molecule is C=C1CN2CCC[C@@]2(COc2nc3c4c(c(Cl)c(-c5nc(N)cc(C)c5C(F)(F)F)c(F)c4n2)OCC2CNCCN32)C1. The predicted molar refractivity (Wildman–Crippen MR) is 154 cm³/mol. The van der Waals surface area contributed by atoms with Crippen LogP contribution in [0, 0.1) is 12.7 Å². The fourth-order valence-electron chi connectivity index (χ4n) is 7.10. The molecule has 1 unspecified atom stereocenters. The Bertz CT molecular complexity index is 1670. The van der Waals surface area contributed by atoms with Gasteiger partial charge >= 0.3 is 12.2 Å². The van der Waals surface area contributed by atoms with Crippen molar-refractivity contribution in [3.63, 3.8) is 0 Å². The summed E-state index contributed by atoms with van der Waals surface area (Å²) in [6.45, 7) is 9.25. The predicted octanol–water partition coefficient (Wildman–Crippen LogP) is 4.74. The van der Waals surface area contributed by atoms with Gasteiger partial charge in [-0.15, -0.1) is 0 Å². The summed E-state index contributed by atoms with van der Waals surface area (Å²) in [6.07, 6.45) is -2.15. The van der Waals surface area contributed by atoms with E-state index in [9.17, 15) is 13.2 Å². The topological polar surface area (TPSA) is 102 Å². The van der Waals surface area contributed by atoms with Crippen molar-refractivity contribution >= 4 is 34.1 Å². The maximum absolute atomic E-state index is 16.7. The minimum absolute atomic E-state index is 0.00771. The molecule has 4 aliphatic rings. The number of hydrogen-bond donors (Lipinski definition) is 2. The third-order valence-corrected chi connectivity index (χ3v) is 9.31. The van der Waals surface area contributed by atoms with E-state index in [1.54, 1.807) is 0 Å². The van der Waals surface area contributed by atoms with E-state index in [4.69, 9.17) is 31.8 Å². The molecule has 43 heavy (non-hydrogen) atoms. The quantitative estimate of drug-likeness (QED) is 0.317. The number of ether oxygens (including phenoxy) is 2. The summed E-state index contributed by atoms with van der Waals surface area (Å²) < 4.78 is 72.0. The van der Waals surface area contributed by atoms with Gasteiger partial charge < -0.3 is 25.4 Å². The van der Waals surface area contributed by atoms with E-state index in [1.807, 2.05) is 4.90 Å². The lowest BCUT2D eigenvalue weighted by Gasteiger charge is -2.35. The Morgan fingerprint density at radius 3 is 2.88 bits per heavy atom. The fourth-order valence-corrected chi connectivity index (χ4v) is 7.42. The molecule has 0 spiro atoms. The lowest BCUT2D eigenvalue weighted by molar-refractivity contribution is -0.137. The van der Waals surface area contributed by atoms with Crippen LogP contribution < -0.4 is 25.4 Å². The fraction of sp³-hybridized carbons (Fsp3) is 0.483. The van der Waals surface area contributed by atoms with Gasteiger partial charge in [0.1, 0.15) is 30.4 Å². The van der Waals surface area contributed by atoms with Crippen LogP contribution in [0.1, 0.15) is 30.4 Å². The van der Waals surface area contributed by atoms with Gasteiger partial charge in [0.15, 0.2) is 11.6 Å². The van der Waals surface area contributed by atoms with Crippen molar-refractivity contribution < 1.29 is 27.0 Å². The molecule has 2 atom stereocenters. The third-order valence-electron chi connectivity index (χ3n) is 8.95. The molecular formula is C29H30ClF4N7O2. The monoisotopic (exact) mass is 619 g/mol. The molecule has 0 bridgehead atoms. The molecule has 0 radical (unpaired) electrons. The highest BCUT2D eigenvalue weighted by Gasteiger charge is 2.47. The van der Waals surface area contributed by atoms with E-state index in [-0.39, 0.29) is 63.9 Å². The second-order valence-electron chi connectivity index (χ2n) is 11.8. The van der Waals surface area contributed by atoms with Crippen molar-refractivity contribution in [1.29, 1.82) is 0 Å². The zero-order valence-corrected chi connectivity index (χ0v) is 24.2. The summed E-state index contributed by atoms with van der Waals surface area (Å²) in [5.41, 5.74) is 3.79. The maximum atomic E-state index is 16.7. The molecule has 1 aromatic carbocycles. The third kappa shape index (κ3) is 4.54. The molecule has 0 saturated carbocycles. The van der Waals surface area contributed by atoms with Crippen molar-refractivity contribution in [3.05, 3.63) is 40.2 Å². The van der Waals surface area contributed by atoms with Gasteiger partial charge in [0.2, 0.25) is 0 Å². The van der Waals surface area contributed by atoms with E-state index in [2.05, 4.69) is 26.8 Å². The molecule has 3 aromatic rings. The number of nitrogen functional groups attached to an aromatic ring is 1. The molecular weight excluding hydrogens is 590 g/mol. The van der Waals surface area contributed by atoms with Crippen LogP contribution in [-0.2, 0) is 6.18 Å². The maximum Gasteiger partial charge on any atom is 0.418 e. The van der Waals surface area contributed by atoms with E-state index in [1.165, 1.54) is 6.92 Å². The van der Waals surface area contributed by atoms with Crippen LogP contribution in [-0.4, -0.2) is 77.4 Å². The Kier molecular flexibility index (Phi) is 6.64. The van der Waals surface area contributed by atoms with Crippen LogP contribution >= 0.6 is 11.6 Å². The van der Waals surface area contributed by atoms with Gasteiger partial charge in [-0.25, -0.2) is 9.37 Å². The number of halogens is 5. The molecule has 3 N–H and O–H groups in total. The number of nitrogens with two attached hydrogens (primary N) is 1. The number of fused-ring (bicyclic) bond motifs is 3. The number of aryl methyl sites for hydroxylation is 1. The molecule has 4 aliphatic heterocycles. The molecule has 3 fully saturated rings. The van der Waals surface area contributed by atoms with Crippen LogP contribution in [0.2, 0.25) is 5.02 Å². The average Bonchev–Trinajstić information content (AvgIpc) is 3.40. The molecule has 9 nitrogen and oxygen atoms in total. The lowest BCUT2D eigenvalue weighted by Crippen LogP contribution is -2.53. The van der Waals surface area contributed by atoms with Crippen molar-refractivity contribution in [3.8, 4) is 23.0 Å². The Morgan fingerprint density at radius 2 is 2.09 bits per heavy atom. The molecule has 14 heteroatoms. The van der Waals surface area contributed by atoms with Crippen LogP contribution in [0.15, 0.2) is 18.2 Å². The number of aromatic nitrogens is 3. The number of nitrogens with one attached hydrogen (secondary N) is 1. The summed E-state index contributed by atoms with van der Waals surface area (Å²) in [5.74, 6) is -0.952. The molecule has 0 aliphatic carbocycles. The second-order valence-corrected chi connectivity index (χ2v) is 12.2. The van der Waals surface area contributed by atoms with Gasteiger partial charge in [-0.05, 0) is 44.4 Å². The largest absolute Gasteiger partial charge is 0.489 e. The molecule has 228 valence electrons. The zero-order chi connectivity index (χ0) is 30.3. The smallest absolute Gasteiger partial charge is 0.418 e. The number of hydrogen-bond acceptors (Lipinski definition) is 9. The Hall–Kier alpha value is -3.42. The molecule has 6 heterocycles. The van der Waals surface area contributed by atoms with Gasteiger partial charge in [-0.1, -0.05) is 23.8 Å². The van der Waals surface area contributed by atoms with E-state index < -0.39 is 28.8 Å². The Labute approximate surface area is 250 Å². The van der Waals surface area contributed by atoms with Crippen LogP contribution in [0.25, 0.3) is 22.2 Å². The van der Waals surface area contributed by atoms with Crippen molar-refractivity contribution in [1.82, 2.24) is 25.2 Å². The van der Waals surface area contributed by atoms with Gasteiger partial charge in [0.25, 0.3) is 0 Å². The summed E-state index contributed by atoms with van der Waals surface area (Å²) >= 11 is 6.74. The lowest BCUT2D eigenvalue weighted by atomic mass is 9.94. The van der Waals surface area contributed by atoms with Crippen molar-refractivity contribution in [2.45, 2.75) is 43.9 Å². The van der Waals surface area contributed by atoms with E-state index in [0.29, 0.717) is 25.5 Å². The number of alkyl halides is 3. The second kappa shape index (κ2) is 10.1. The van der Waals surface area contributed by atoms with Gasteiger partial charge in [0.05, 0.1) is 38.8 Å². The normalized spacial score (nSPS) is 23.7. The number of rotatable bonds is 4. The number of benzene rings is 1. The first-order valence-electron chi connectivity index (χ1n) is 14.2. The van der Waals surface area contributed by atoms with E-state index >= 15 is 4.39 Å². The summed E-state index contributed by atoms with van der Waals surface area (Å²) in [6, 6.07) is 0.812. The van der Waals surface area contributed by atoms with E-state index in [0.717, 1.165) is 44.0 Å². The summed E-state index contributed by atoms with van der Waals surface area (Å²) in [5, 5.41) is 3.13. The van der Waals surface area contributed by atoms with Gasteiger partial charge in [0, 0.05) is 26.2 Å². The number of anilines is 2. The minimum atomic E-state index is -4.87. The number of nitrogens with zero attached hydrogens (tertiary/aromatic N) is 5. The average molecular weight is 620 g/mol. The first-order chi connectivity index (χ1) is 20.5. The highest BCUT2D eigenvalue weighted by Crippen LogP contribution is 2.50. The van der Waals surface area contributed by atoms with Crippen molar-refractivity contribution in [2.75, 3.05) is 56.6 Å². The van der Waals surface area contributed by atoms with Crippen LogP contribution in [0.5, 0.6) is 11.8 Å². The standard InChI is InChI=1S/C29H30ClF4N7O2/c1-14-9-28(4-3-6-40(28)11-14)13-43-27-38-24-19-25(42-12-16-10-36-5-7-41(16)26(19)39-27)21(30)18(22(24)31)23-20(29(32,33)34)15(2)8-17(35)37-23/h8,16,36H,1,3-7,9-13H2,2H3,(H2,35,37)/t16?,28-/m0/s1. The first-order valence-corrected chi connectivity index (χ1v) is 14.6. The van der Waals surface area contributed by atoms with Gasteiger partial charge in [-0.3, -0.25) is 4.90 Å². The highest BCUT2D eigenvalue weighted by molar-refractivity contribution is 6.36. The zero-order valence-electron chi connectivity index (χ0n) is 23.5. The molecule has 3 saturated heterocycles.